The first-order chi connectivity index (χ1) is 11.2. The van der Waals surface area contributed by atoms with Crippen LogP contribution < -0.4 is 5.32 Å². The summed E-state index contributed by atoms with van der Waals surface area (Å²) in [5, 5.41) is 13.1. The molecule has 0 amide bonds. The van der Waals surface area contributed by atoms with Crippen LogP contribution in [0.15, 0.2) is 18.2 Å². The minimum Gasteiger partial charge on any atom is -0.478 e. The van der Waals surface area contributed by atoms with Gasteiger partial charge in [0, 0.05) is 0 Å². The summed E-state index contributed by atoms with van der Waals surface area (Å²) >= 11 is 0. The zero-order valence-corrected chi connectivity index (χ0v) is 13.8. The number of piperidine rings is 1. The SMILES string of the molecule is O=C(O)c1cccc(C2CC3CCCC3C2)c1C1CCNCC1. The fraction of sp³-hybridized carbons (Fsp3) is 0.650. The fourth-order valence-corrected chi connectivity index (χ4v) is 5.51. The van der Waals surface area contributed by atoms with E-state index in [1.54, 1.807) is 0 Å². The van der Waals surface area contributed by atoms with E-state index in [-0.39, 0.29) is 0 Å². The van der Waals surface area contributed by atoms with E-state index in [0.29, 0.717) is 17.4 Å². The number of carboxylic acid groups (broad SMARTS) is 1. The number of fused-ring (bicyclic) bond motifs is 1. The van der Waals surface area contributed by atoms with Crippen molar-refractivity contribution < 1.29 is 9.90 Å². The average Bonchev–Trinajstić information content (AvgIpc) is 3.16. The molecular weight excluding hydrogens is 286 g/mol. The van der Waals surface area contributed by atoms with Gasteiger partial charge in [0.05, 0.1) is 5.56 Å². The molecule has 124 valence electrons. The third kappa shape index (κ3) is 2.80. The smallest absolute Gasteiger partial charge is 0.335 e. The van der Waals surface area contributed by atoms with Crippen molar-refractivity contribution in [1.82, 2.24) is 5.32 Å². The normalized spacial score (nSPS) is 31.2. The zero-order chi connectivity index (χ0) is 15.8. The number of hydrogen-bond acceptors (Lipinski definition) is 2. The van der Waals surface area contributed by atoms with Crippen LogP contribution in [-0.2, 0) is 0 Å². The maximum absolute atomic E-state index is 11.8. The van der Waals surface area contributed by atoms with E-state index in [1.807, 2.05) is 12.1 Å². The Morgan fingerprint density at radius 3 is 2.35 bits per heavy atom. The molecule has 1 aromatic carbocycles. The molecule has 1 aliphatic heterocycles. The van der Waals surface area contributed by atoms with Crippen LogP contribution in [0.5, 0.6) is 0 Å². The van der Waals surface area contributed by atoms with Gasteiger partial charge < -0.3 is 10.4 Å². The molecule has 0 radical (unpaired) electrons. The van der Waals surface area contributed by atoms with Gasteiger partial charge >= 0.3 is 5.97 Å². The van der Waals surface area contributed by atoms with Gasteiger partial charge in [-0.2, -0.15) is 0 Å². The Hall–Kier alpha value is -1.35. The molecule has 2 aliphatic carbocycles. The summed E-state index contributed by atoms with van der Waals surface area (Å²) in [7, 11) is 0. The molecule has 1 aromatic rings. The van der Waals surface area contributed by atoms with Gasteiger partial charge in [0.15, 0.2) is 0 Å². The monoisotopic (exact) mass is 313 g/mol. The molecule has 0 bridgehead atoms. The second-order valence-corrected chi connectivity index (χ2v) is 7.76. The predicted octanol–water partition coefficient (Wildman–Crippen LogP) is 4.15. The van der Waals surface area contributed by atoms with Gasteiger partial charge in [0.25, 0.3) is 0 Å². The predicted molar refractivity (Wildman–Crippen MR) is 91.1 cm³/mol. The van der Waals surface area contributed by atoms with Crippen LogP contribution in [0, 0.1) is 11.8 Å². The van der Waals surface area contributed by atoms with E-state index in [1.165, 1.54) is 43.2 Å². The number of carboxylic acids is 1. The van der Waals surface area contributed by atoms with Gasteiger partial charge in [-0.25, -0.2) is 4.79 Å². The van der Waals surface area contributed by atoms with Crippen molar-refractivity contribution in [3.05, 3.63) is 34.9 Å². The Bertz CT molecular complexity index is 579. The third-order valence-electron chi connectivity index (χ3n) is 6.55. The van der Waals surface area contributed by atoms with Crippen molar-refractivity contribution in [2.75, 3.05) is 13.1 Å². The second kappa shape index (κ2) is 6.27. The lowest BCUT2D eigenvalue weighted by Gasteiger charge is -2.28. The van der Waals surface area contributed by atoms with E-state index >= 15 is 0 Å². The summed E-state index contributed by atoms with van der Waals surface area (Å²) in [5.74, 6) is 2.05. The van der Waals surface area contributed by atoms with E-state index in [4.69, 9.17) is 0 Å². The lowest BCUT2D eigenvalue weighted by molar-refractivity contribution is 0.0694. The van der Waals surface area contributed by atoms with Crippen molar-refractivity contribution in [2.24, 2.45) is 11.8 Å². The Morgan fingerprint density at radius 2 is 1.70 bits per heavy atom. The van der Waals surface area contributed by atoms with Crippen molar-refractivity contribution in [3.8, 4) is 0 Å². The highest BCUT2D eigenvalue weighted by Crippen LogP contribution is 2.52. The molecule has 23 heavy (non-hydrogen) atoms. The first-order valence-corrected chi connectivity index (χ1v) is 9.31. The first-order valence-electron chi connectivity index (χ1n) is 9.31. The largest absolute Gasteiger partial charge is 0.478 e. The van der Waals surface area contributed by atoms with Gasteiger partial charge in [0.1, 0.15) is 0 Å². The Kier molecular flexibility index (Phi) is 4.14. The van der Waals surface area contributed by atoms with E-state index in [2.05, 4.69) is 11.4 Å². The number of aromatic carboxylic acids is 1. The highest BCUT2D eigenvalue weighted by atomic mass is 16.4. The summed E-state index contributed by atoms with van der Waals surface area (Å²) in [6, 6.07) is 6.02. The van der Waals surface area contributed by atoms with Crippen LogP contribution in [0.4, 0.5) is 0 Å². The van der Waals surface area contributed by atoms with E-state index in [0.717, 1.165) is 37.8 Å². The highest BCUT2D eigenvalue weighted by molar-refractivity contribution is 5.90. The van der Waals surface area contributed by atoms with E-state index in [9.17, 15) is 9.90 Å². The molecule has 1 saturated heterocycles. The zero-order valence-electron chi connectivity index (χ0n) is 13.8. The quantitative estimate of drug-likeness (QED) is 0.881. The molecule has 3 fully saturated rings. The Labute approximate surface area is 138 Å². The Morgan fingerprint density at radius 1 is 1.00 bits per heavy atom. The molecule has 1 heterocycles. The Balaban J connectivity index is 1.70. The summed E-state index contributed by atoms with van der Waals surface area (Å²) in [6.07, 6.45) is 8.88. The van der Waals surface area contributed by atoms with Crippen LogP contribution in [0.1, 0.15) is 78.3 Å². The lowest BCUT2D eigenvalue weighted by Crippen LogP contribution is -2.28. The number of hydrogen-bond donors (Lipinski definition) is 2. The van der Waals surface area contributed by atoms with Gasteiger partial charge in [-0.15, -0.1) is 0 Å². The first kappa shape index (κ1) is 15.2. The summed E-state index contributed by atoms with van der Waals surface area (Å²) < 4.78 is 0. The van der Waals surface area contributed by atoms with Crippen LogP contribution in [-0.4, -0.2) is 24.2 Å². The number of benzene rings is 1. The third-order valence-corrected chi connectivity index (χ3v) is 6.55. The standard InChI is InChI=1S/C20H27NO2/c22-20(23)18-6-2-5-17(19(18)13-7-9-21-10-8-13)16-11-14-3-1-4-15(14)12-16/h2,5-6,13-16,21H,1,3-4,7-12H2,(H,22,23). The fourth-order valence-electron chi connectivity index (χ4n) is 5.51. The van der Waals surface area contributed by atoms with E-state index < -0.39 is 5.97 Å². The minimum atomic E-state index is -0.751. The van der Waals surface area contributed by atoms with Crippen molar-refractivity contribution in [3.63, 3.8) is 0 Å². The van der Waals surface area contributed by atoms with Gasteiger partial charge in [-0.05, 0) is 79.6 Å². The van der Waals surface area contributed by atoms with Crippen molar-refractivity contribution in [2.45, 2.75) is 56.8 Å². The molecule has 0 aromatic heterocycles. The molecule has 3 aliphatic rings. The minimum absolute atomic E-state index is 0.416. The molecule has 2 saturated carbocycles. The molecule has 2 atom stereocenters. The number of nitrogens with one attached hydrogen (secondary N) is 1. The van der Waals surface area contributed by atoms with Gasteiger partial charge in [-0.3, -0.25) is 0 Å². The number of carbonyl (C=O) groups is 1. The van der Waals surface area contributed by atoms with Crippen LogP contribution in [0.2, 0.25) is 0 Å². The molecule has 2 unspecified atom stereocenters. The summed E-state index contributed by atoms with van der Waals surface area (Å²) in [6.45, 7) is 2.02. The molecule has 3 nitrogen and oxygen atoms in total. The van der Waals surface area contributed by atoms with Crippen LogP contribution in [0.3, 0.4) is 0 Å². The average molecular weight is 313 g/mol. The molecule has 4 rings (SSSR count). The van der Waals surface area contributed by atoms with Gasteiger partial charge in [-0.1, -0.05) is 31.4 Å². The maximum Gasteiger partial charge on any atom is 0.335 e. The molecule has 0 spiro atoms. The second-order valence-electron chi connectivity index (χ2n) is 7.76. The van der Waals surface area contributed by atoms with Crippen LogP contribution in [0.25, 0.3) is 0 Å². The molecule has 3 heteroatoms. The maximum atomic E-state index is 11.8. The molecule has 2 N–H and O–H groups in total. The highest BCUT2D eigenvalue weighted by Gasteiger charge is 2.39. The van der Waals surface area contributed by atoms with Crippen molar-refractivity contribution in [1.29, 1.82) is 0 Å². The molecular formula is C20H27NO2. The summed E-state index contributed by atoms with van der Waals surface area (Å²) in [5.41, 5.74) is 3.10. The van der Waals surface area contributed by atoms with Crippen LogP contribution >= 0.6 is 0 Å². The van der Waals surface area contributed by atoms with Gasteiger partial charge in [0.2, 0.25) is 0 Å². The van der Waals surface area contributed by atoms with Crippen molar-refractivity contribution >= 4 is 5.97 Å². The summed E-state index contributed by atoms with van der Waals surface area (Å²) in [4.78, 5) is 11.8. The lowest BCUT2D eigenvalue weighted by atomic mass is 9.79. The number of rotatable bonds is 3. The topological polar surface area (TPSA) is 49.3 Å².